The highest BCUT2D eigenvalue weighted by atomic mass is 35.5. The van der Waals surface area contributed by atoms with Gasteiger partial charge >= 0.3 is 18.0 Å². The van der Waals surface area contributed by atoms with Crippen LogP contribution in [0.3, 0.4) is 0 Å². The Morgan fingerprint density at radius 1 is 0.571 bits per heavy atom. The highest BCUT2D eigenvalue weighted by Gasteiger charge is 2.33. The second-order valence-electron chi connectivity index (χ2n) is 9.65. The van der Waals surface area contributed by atoms with Gasteiger partial charge in [-0.1, -0.05) is 66.3 Å². The van der Waals surface area contributed by atoms with E-state index in [2.05, 4.69) is 18.6 Å². The van der Waals surface area contributed by atoms with E-state index < -0.39 is 29.4 Å². The van der Waals surface area contributed by atoms with Crippen molar-refractivity contribution in [1.82, 2.24) is 0 Å². The number of nitrogen functional groups attached to an aromatic ring is 4. The van der Waals surface area contributed by atoms with E-state index in [0.717, 1.165) is 40.5 Å². The molecule has 0 aliphatic rings. The number of anilines is 4. The minimum absolute atomic E-state index is 0.0160. The number of hydrogen-bond acceptors (Lipinski definition) is 6. The second kappa shape index (κ2) is 18.7. The smallest absolute Gasteiger partial charge is 0.404 e. The van der Waals surface area contributed by atoms with Gasteiger partial charge in [-0.2, -0.15) is 26.3 Å². The van der Waals surface area contributed by atoms with E-state index in [4.69, 9.17) is 69.3 Å². The van der Waals surface area contributed by atoms with Gasteiger partial charge in [0.25, 0.3) is 0 Å². The van der Waals surface area contributed by atoms with E-state index in [9.17, 15) is 39.5 Å². The average Bonchev–Trinajstić information content (AvgIpc) is 2.91. The molecule has 0 saturated heterocycles. The summed E-state index contributed by atoms with van der Waals surface area (Å²) < 4.78 is 111. The van der Waals surface area contributed by atoms with Crippen molar-refractivity contribution < 1.29 is 44.3 Å². The molecule has 270 valence electrons. The third kappa shape index (κ3) is 17.3. The number of ether oxygens (including phenoxy) is 1. The number of alkyl halides is 9. The number of nitrogens with two attached hydrogens (primary N) is 4. The van der Waals surface area contributed by atoms with Crippen LogP contribution in [0.15, 0.2) is 77.7 Å². The van der Waals surface area contributed by atoms with Crippen LogP contribution in [0.1, 0.15) is 30.9 Å². The predicted molar refractivity (Wildman–Crippen MR) is 181 cm³/mol. The standard InChI is InChI=1S/C9H12ClN.C7H5ClF3NO.C7H5ClF3NS.C7H5ClF3N/c1-6(2)8-4-3-7(11)5-9(8)10;2*8-5-3-4(12)1-2-6(5)13-7(9,10)11;8-6-3-4(12)1-2-5(6)7(9,10)11/h3-6H,11H2,1-2H3;2*1-3H,12H2;1-3H,12H2. The van der Waals surface area contributed by atoms with Crippen LogP contribution in [0.5, 0.6) is 5.75 Å². The molecule has 4 aromatic carbocycles. The van der Waals surface area contributed by atoms with E-state index in [1.165, 1.54) is 30.3 Å². The molecule has 8 N–H and O–H groups in total. The van der Waals surface area contributed by atoms with Gasteiger partial charge in [0, 0.05) is 32.7 Å². The van der Waals surface area contributed by atoms with E-state index in [-0.39, 0.29) is 43.1 Å². The summed E-state index contributed by atoms with van der Waals surface area (Å²) in [6.07, 6.45) is -9.15. The summed E-state index contributed by atoms with van der Waals surface area (Å²) >= 11 is 22.0. The van der Waals surface area contributed by atoms with E-state index in [1.54, 1.807) is 6.07 Å². The lowest BCUT2D eigenvalue weighted by Gasteiger charge is -2.10. The molecule has 4 rings (SSSR count). The molecule has 0 heterocycles. The molecule has 0 aliphatic heterocycles. The molecule has 0 radical (unpaired) electrons. The number of thioether (sulfide) groups is 1. The Bertz CT molecular complexity index is 1610. The third-order valence-corrected chi connectivity index (χ3v) is 7.48. The highest BCUT2D eigenvalue weighted by Crippen LogP contribution is 2.40. The Balaban J connectivity index is 0.000000327. The normalized spacial score (nSPS) is 11.3. The molecule has 0 saturated carbocycles. The van der Waals surface area contributed by atoms with E-state index >= 15 is 0 Å². The molecule has 0 bridgehead atoms. The van der Waals surface area contributed by atoms with Crippen molar-refractivity contribution in [2.45, 2.75) is 42.7 Å². The molecule has 5 nitrogen and oxygen atoms in total. The Labute approximate surface area is 299 Å². The minimum atomic E-state index is -4.74. The third-order valence-electron chi connectivity index (χ3n) is 5.31. The van der Waals surface area contributed by atoms with Crippen LogP contribution < -0.4 is 27.7 Å². The average molecular weight is 804 g/mol. The van der Waals surface area contributed by atoms with Gasteiger partial charge in [0.15, 0.2) is 0 Å². The first-order chi connectivity index (χ1) is 22.3. The molecule has 19 heteroatoms. The van der Waals surface area contributed by atoms with Crippen LogP contribution in [0, 0.1) is 0 Å². The molecule has 4 aromatic rings. The van der Waals surface area contributed by atoms with Crippen molar-refractivity contribution in [3.8, 4) is 5.75 Å². The molecule has 0 fully saturated rings. The Kier molecular flexibility index (Phi) is 16.7. The van der Waals surface area contributed by atoms with Crippen molar-refractivity contribution in [1.29, 1.82) is 0 Å². The van der Waals surface area contributed by atoms with Crippen molar-refractivity contribution >= 4 is 80.9 Å². The Morgan fingerprint density at radius 3 is 1.39 bits per heavy atom. The van der Waals surface area contributed by atoms with Crippen LogP contribution >= 0.6 is 58.2 Å². The summed E-state index contributed by atoms with van der Waals surface area (Å²) in [6.45, 7) is 4.22. The van der Waals surface area contributed by atoms with Crippen molar-refractivity contribution in [3.63, 3.8) is 0 Å². The fraction of sp³-hybridized carbons (Fsp3) is 0.200. The zero-order chi connectivity index (χ0) is 37.9. The SMILES string of the molecule is CC(C)c1ccc(N)cc1Cl.Nc1ccc(C(F)(F)F)c(Cl)c1.Nc1ccc(OC(F)(F)F)c(Cl)c1.Nc1ccc(SC(F)(F)F)c(Cl)c1. The molecular weight excluding hydrogens is 777 g/mol. The zero-order valence-electron chi connectivity index (χ0n) is 25.0. The van der Waals surface area contributed by atoms with Crippen molar-refractivity contribution in [2.24, 2.45) is 0 Å². The minimum Gasteiger partial charge on any atom is -0.404 e. The molecular formula is C30H27Cl4F9N4OS. The van der Waals surface area contributed by atoms with Gasteiger partial charge < -0.3 is 27.7 Å². The van der Waals surface area contributed by atoms with Gasteiger partial charge in [-0.25, -0.2) is 0 Å². The van der Waals surface area contributed by atoms with Gasteiger partial charge in [-0.05, 0) is 90.0 Å². The van der Waals surface area contributed by atoms with Gasteiger partial charge in [0.1, 0.15) is 5.75 Å². The maximum Gasteiger partial charge on any atom is 0.573 e. The van der Waals surface area contributed by atoms with Gasteiger partial charge in [-0.15, -0.1) is 13.2 Å². The quantitative estimate of drug-likeness (QED) is 0.0932. The van der Waals surface area contributed by atoms with E-state index in [1.807, 2.05) is 12.1 Å². The molecule has 0 unspecified atom stereocenters. The molecule has 0 aliphatic carbocycles. The van der Waals surface area contributed by atoms with Crippen molar-refractivity contribution in [2.75, 3.05) is 22.9 Å². The molecule has 0 aromatic heterocycles. The summed E-state index contributed by atoms with van der Waals surface area (Å²) in [5.41, 5.74) is 18.9. The zero-order valence-corrected chi connectivity index (χ0v) is 28.9. The lowest BCUT2D eigenvalue weighted by atomic mass is 10.0. The van der Waals surface area contributed by atoms with Gasteiger partial charge in [0.05, 0.1) is 20.6 Å². The highest BCUT2D eigenvalue weighted by molar-refractivity contribution is 8.00. The summed E-state index contributed by atoms with van der Waals surface area (Å²) in [6, 6.07) is 16.2. The van der Waals surface area contributed by atoms with Crippen molar-refractivity contribution in [3.05, 3.63) is 104 Å². The lowest BCUT2D eigenvalue weighted by molar-refractivity contribution is -0.274. The summed E-state index contributed by atoms with van der Waals surface area (Å²) in [5.74, 6) is 0.00599. The monoisotopic (exact) mass is 802 g/mol. The van der Waals surface area contributed by atoms with Crippen LogP contribution in [0.4, 0.5) is 62.3 Å². The number of hydrogen-bond donors (Lipinski definition) is 4. The molecule has 0 atom stereocenters. The molecule has 49 heavy (non-hydrogen) atoms. The first kappa shape index (κ1) is 43.8. The van der Waals surface area contributed by atoms with Crippen LogP contribution in [-0.2, 0) is 6.18 Å². The second-order valence-corrected chi connectivity index (χ2v) is 12.4. The first-order valence-electron chi connectivity index (χ1n) is 13.1. The number of rotatable bonds is 3. The topological polar surface area (TPSA) is 113 Å². The van der Waals surface area contributed by atoms with Gasteiger partial charge in [0.2, 0.25) is 0 Å². The lowest BCUT2D eigenvalue weighted by Crippen LogP contribution is -2.17. The Morgan fingerprint density at radius 2 is 1.00 bits per heavy atom. The maximum atomic E-state index is 12.1. The fourth-order valence-corrected chi connectivity index (χ4v) is 5.00. The summed E-state index contributed by atoms with van der Waals surface area (Å²) in [4.78, 5) is -0.0385. The molecule has 0 amide bonds. The summed E-state index contributed by atoms with van der Waals surface area (Å²) in [5, 5.41) is 0.238. The molecule has 0 spiro atoms. The van der Waals surface area contributed by atoms with Crippen LogP contribution in [0.2, 0.25) is 20.1 Å². The first-order valence-corrected chi connectivity index (χ1v) is 15.4. The number of halogens is 13. The van der Waals surface area contributed by atoms with E-state index in [0.29, 0.717) is 11.6 Å². The predicted octanol–water partition coefficient (Wildman–Crippen LogP) is 12.3. The van der Waals surface area contributed by atoms with Crippen LogP contribution in [-0.4, -0.2) is 11.9 Å². The van der Waals surface area contributed by atoms with Gasteiger partial charge in [-0.3, -0.25) is 0 Å². The maximum absolute atomic E-state index is 12.1. The van der Waals surface area contributed by atoms with Crippen LogP contribution in [0.25, 0.3) is 0 Å². The fourth-order valence-electron chi connectivity index (χ4n) is 3.22. The summed E-state index contributed by atoms with van der Waals surface area (Å²) in [7, 11) is 0. The largest absolute Gasteiger partial charge is 0.573 e. The Hall–Kier alpha value is -3.24. The number of benzene rings is 4.